The molecule has 0 amide bonds. The molecule has 1 aliphatic rings. The van der Waals surface area contributed by atoms with Gasteiger partial charge in [-0.3, -0.25) is 4.79 Å². The SMILES string of the molecule is COc1cc(C(=O)CCC(C)(O)c2cc3c(c(-c4ccc(F)cc4)n2)OCC3(C)N)ccc1OC(C)CO. The number of hydrogen-bond acceptors (Lipinski definition) is 8. The van der Waals surface area contributed by atoms with Crippen molar-refractivity contribution < 1.29 is 33.6 Å². The molecule has 3 aromatic rings. The largest absolute Gasteiger partial charge is 0.493 e. The van der Waals surface area contributed by atoms with E-state index in [2.05, 4.69) is 4.98 Å². The van der Waals surface area contributed by atoms with Crippen LogP contribution < -0.4 is 19.9 Å². The van der Waals surface area contributed by atoms with E-state index in [9.17, 15) is 19.4 Å². The van der Waals surface area contributed by atoms with Crippen molar-refractivity contribution in [3.63, 3.8) is 0 Å². The van der Waals surface area contributed by atoms with Crippen LogP contribution in [-0.2, 0) is 11.1 Å². The van der Waals surface area contributed by atoms with Gasteiger partial charge in [0.2, 0.25) is 0 Å². The summed E-state index contributed by atoms with van der Waals surface area (Å²) in [4.78, 5) is 17.7. The third-order valence-electron chi connectivity index (χ3n) is 6.68. The summed E-state index contributed by atoms with van der Waals surface area (Å²) in [6.07, 6.45) is -0.309. The Balaban J connectivity index is 1.59. The number of Topliss-reactive ketones (excluding diaryl/α,β-unsaturated/α-hetero) is 1. The van der Waals surface area contributed by atoms with Crippen LogP contribution in [-0.4, -0.2) is 47.4 Å². The van der Waals surface area contributed by atoms with Crippen LogP contribution in [0.25, 0.3) is 11.3 Å². The van der Waals surface area contributed by atoms with Crippen LogP contribution >= 0.6 is 0 Å². The molecule has 38 heavy (non-hydrogen) atoms. The third kappa shape index (κ3) is 5.65. The molecule has 8 nitrogen and oxygen atoms in total. The van der Waals surface area contributed by atoms with Crippen molar-refractivity contribution in [1.29, 1.82) is 0 Å². The number of hydrogen-bond donors (Lipinski definition) is 3. The van der Waals surface area contributed by atoms with Gasteiger partial charge in [-0.05, 0) is 75.7 Å². The minimum absolute atomic E-state index is 0.0322. The number of carbonyl (C=O) groups excluding carboxylic acids is 1. The molecule has 0 radical (unpaired) electrons. The maximum Gasteiger partial charge on any atom is 0.163 e. The normalized spacial score (nSPS) is 18.7. The summed E-state index contributed by atoms with van der Waals surface area (Å²) in [7, 11) is 1.47. The summed E-state index contributed by atoms with van der Waals surface area (Å²) in [6.45, 7) is 5.22. The van der Waals surface area contributed by atoms with Crippen LogP contribution in [0.2, 0.25) is 0 Å². The Morgan fingerprint density at radius 1 is 1.24 bits per heavy atom. The van der Waals surface area contributed by atoms with Crippen LogP contribution in [0, 0.1) is 5.82 Å². The first-order chi connectivity index (χ1) is 17.9. The minimum Gasteiger partial charge on any atom is -0.493 e. The average Bonchev–Trinajstić information content (AvgIpc) is 3.21. The van der Waals surface area contributed by atoms with Gasteiger partial charge < -0.3 is 30.2 Å². The molecule has 1 aromatic heterocycles. The smallest absolute Gasteiger partial charge is 0.163 e. The highest BCUT2D eigenvalue weighted by Gasteiger charge is 2.38. The van der Waals surface area contributed by atoms with Crippen molar-refractivity contribution in [2.45, 2.75) is 50.9 Å². The Kier molecular flexibility index (Phi) is 7.73. The Bertz CT molecular complexity index is 1320. The van der Waals surface area contributed by atoms with E-state index in [0.717, 1.165) is 0 Å². The molecule has 3 atom stereocenters. The summed E-state index contributed by atoms with van der Waals surface area (Å²) >= 11 is 0. The molecular formula is C29H33FN2O6. The number of aromatic nitrogens is 1. The van der Waals surface area contributed by atoms with E-state index >= 15 is 0 Å². The molecule has 0 bridgehead atoms. The number of rotatable bonds is 10. The molecule has 202 valence electrons. The fourth-order valence-electron chi connectivity index (χ4n) is 4.30. The lowest BCUT2D eigenvalue weighted by molar-refractivity contribution is 0.0396. The van der Waals surface area contributed by atoms with E-state index in [1.807, 2.05) is 6.92 Å². The van der Waals surface area contributed by atoms with E-state index in [1.54, 1.807) is 50.2 Å². The number of halogens is 1. The second-order valence-electron chi connectivity index (χ2n) is 10.1. The number of methoxy groups -OCH3 is 1. The fourth-order valence-corrected chi connectivity index (χ4v) is 4.30. The Hall–Kier alpha value is -3.53. The van der Waals surface area contributed by atoms with E-state index in [0.29, 0.717) is 45.3 Å². The lowest BCUT2D eigenvalue weighted by Crippen LogP contribution is -2.35. The number of fused-ring (bicyclic) bond motifs is 1. The first-order valence-electron chi connectivity index (χ1n) is 12.4. The molecule has 0 saturated heterocycles. The van der Waals surface area contributed by atoms with E-state index in [4.69, 9.17) is 19.9 Å². The number of ketones is 1. The highest BCUT2D eigenvalue weighted by molar-refractivity contribution is 5.96. The molecule has 3 unspecified atom stereocenters. The number of carbonyl (C=O) groups is 1. The number of pyridine rings is 1. The number of aliphatic hydroxyl groups excluding tert-OH is 1. The van der Waals surface area contributed by atoms with Gasteiger partial charge in [0.05, 0.1) is 24.9 Å². The van der Waals surface area contributed by atoms with E-state index in [-0.39, 0.29) is 37.7 Å². The number of nitrogens with zero attached hydrogens (tertiary/aromatic N) is 1. The second-order valence-corrected chi connectivity index (χ2v) is 10.1. The summed E-state index contributed by atoms with van der Waals surface area (Å²) in [5.74, 6) is 0.713. The lowest BCUT2D eigenvalue weighted by Gasteiger charge is -2.25. The maximum absolute atomic E-state index is 13.6. The zero-order valence-electron chi connectivity index (χ0n) is 22.0. The molecule has 0 spiro atoms. The van der Waals surface area contributed by atoms with Crippen LogP contribution in [0.1, 0.15) is 55.2 Å². The molecule has 4 N–H and O–H groups in total. The molecule has 0 aliphatic carbocycles. The topological polar surface area (TPSA) is 124 Å². The van der Waals surface area contributed by atoms with Crippen LogP contribution in [0.15, 0.2) is 48.5 Å². The third-order valence-corrected chi connectivity index (χ3v) is 6.68. The van der Waals surface area contributed by atoms with Gasteiger partial charge in [-0.25, -0.2) is 9.37 Å². The Morgan fingerprint density at radius 3 is 2.61 bits per heavy atom. The molecule has 0 fully saturated rings. The number of aliphatic hydroxyl groups is 2. The number of ether oxygens (including phenoxy) is 3. The molecular weight excluding hydrogens is 491 g/mol. The van der Waals surface area contributed by atoms with Gasteiger partial charge in [-0.2, -0.15) is 0 Å². The maximum atomic E-state index is 13.6. The minimum atomic E-state index is -1.47. The average molecular weight is 525 g/mol. The van der Waals surface area contributed by atoms with Crippen molar-refractivity contribution in [1.82, 2.24) is 4.98 Å². The monoisotopic (exact) mass is 524 g/mol. The van der Waals surface area contributed by atoms with Crippen molar-refractivity contribution >= 4 is 5.78 Å². The highest BCUT2D eigenvalue weighted by atomic mass is 19.1. The molecule has 9 heteroatoms. The van der Waals surface area contributed by atoms with Crippen LogP contribution in [0.3, 0.4) is 0 Å². The van der Waals surface area contributed by atoms with Crippen molar-refractivity contribution in [2.24, 2.45) is 5.73 Å². The predicted octanol–water partition coefficient (Wildman–Crippen LogP) is 4.09. The summed E-state index contributed by atoms with van der Waals surface area (Å²) in [6, 6.07) is 12.4. The standard InChI is InChI=1S/C29H33FN2O6/c1-17(15-33)38-23-10-7-19(13-24(23)36-4)22(34)11-12-29(3,35)25-14-21-27(37-16-28(21,2)31)26(32-25)18-5-8-20(30)9-6-18/h5-10,13-14,17,33,35H,11-12,15-16,31H2,1-4H3. The predicted molar refractivity (Wildman–Crippen MR) is 140 cm³/mol. The first-order valence-corrected chi connectivity index (χ1v) is 12.4. The van der Waals surface area contributed by atoms with E-state index < -0.39 is 17.2 Å². The van der Waals surface area contributed by atoms with Gasteiger partial charge in [-0.1, -0.05) is 0 Å². The van der Waals surface area contributed by atoms with Gasteiger partial charge in [0.15, 0.2) is 23.0 Å². The van der Waals surface area contributed by atoms with Gasteiger partial charge >= 0.3 is 0 Å². The Labute approximate surface area is 221 Å². The van der Waals surface area contributed by atoms with Gasteiger partial charge in [-0.15, -0.1) is 0 Å². The first kappa shape index (κ1) is 27.5. The van der Waals surface area contributed by atoms with Gasteiger partial charge in [0, 0.05) is 23.1 Å². The number of nitrogens with two attached hydrogens (primary N) is 1. The van der Waals surface area contributed by atoms with Gasteiger partial charge in [0.25, 0.3) is 0 Å². The molecule has 0 saturated carbocycles. The molecule has 1 aliphatic heterocycles. The fraction of sp³-hybridized carbons (Fsp3) is 0.379. The number of benzene rings is 2. The zero-order valence-corrected chi connectivity index (χ0v) is 22.0. The van der Waals surface area contributed by atoms with Crippen LogP contribution in [0.4, 0.5) is 4.39 Å². The highest BCUT2D eigenvalue weighted by Crippen LogP contribution is 2.44. The zero-order chi connectivity index (χ0) is 27.7. The Morgan fingerprint density at radius 2 is 1.95 bits per heavy atom. The quantitative estimate of drug-likeness (QED) is 0.339. The summed E-state index contributed by atoms with van der Waals surface area (Å²) < 4.78 is 30.4. The van der Waals surface area contributed by atoms with Gasteiger partial charge in [0.1, 0.15) is 29.8 Å². The van der Waals surface area contributed by atoms with Crippen LogP contribution in [0.5, 0.6) is 17.2 Å². The van der Waals surface area contributed by atoms with Crippen molar-refractivity contribution in [3.8, 4) is 28.5 Å². The van der Waals surface area contributed by atoms with Crippen molar-refractivity contribution in [2.75, 3.05) is 20.3 Å². The van der Waals surface area contributed by atoms with E-state index in [1.165, 1.54) is 19.2 Å². The summed E-state index contributed by atoms with van der Waals surface area (Å²) in [5, 5.41) is 20.7. The lowest BCUT2D eigenvalue weighted by atomic mass is 9.88. The molecule has 4 rings (SSSR count). The van der Waals surface area contributed by atoms with Crippen molar-refractivity contribution in [3.05, 3.63) is 71.2 Å². The molecule has 2 heterocycles. The summed E-state index contributed by atoms with van der Waals surface area (Å²) in [5.41, 5.74) is 6.69. The molecule has 2 aromatic carbocycles. The second kappa shape index (κ2) is 10.7.